The van der Waals surface area contributed by atoms with Crippen LogP contribution in [0.15, 0.2) is 41.4 Å². The summed E-state index contributed by atoms with van der Waals surface area (Å²) < 4.78 is 32.2. The van der Waals surface area contributed by atoms with Crippen LogP contribution in [0.4, 0.5) is 0 Å². The van der Waals surface area contributed by atoms with E-state index in [2.05, 4.69) is 4.98 Å². The van der Waals surface area contributed by atoms with Gasteiger partial charge in [0.1, 0.15) is 11.1 Å². The zero-order valence-electron chi connectivity index (χ0n) is 12.2. The van der Waals surface area contributed by atoms with E-state index in [4.69, 9.17) is 27.9 Å². The lowest BCUT2D eigenvalue weighted by Crippen LogP contribution is -2.56. The van der Waals surface area contributed by atoms with Crippen molar-refractivity contribution in [1.29, 1.82) is 0 Å². The molecule has 23 heavy (non-hydrogen) atoms. The zero-order valence-corrected chi connectivity index (χ0v) is 14.6. The summed E-state index contributed by atoms with van der Waals surface area (Å²) in [6, 6.07) is 8.23. The highest BCUT2D eigenvalue weighted by Gasteiger charge is 2.39. The van der Waals surface area contributed by atoms with E-state index in [-0.39, 0.29) is 24.1 Å². The van der Waals surface area contributed by atoms with Gasteiger partial charge in [-0.2, -0.15) is 4.31 Å². The predicted octanol–water partition coefficient (Wildman–Crippen LogP) is 3.15. The van der Waals surface area contributed by atoms with Gasteiger partial charge in [0.25, 0.3) is 0 Å². The fraction of sp³-hybridized carbons (Fsp3) is 0.267. The summed E-state index contributed by atoms with van der Waals surface area (Å²) >= 11 is 12.0. The highest BCUT2D eigenvalue weighted by atomic mass is 35.5. The number of sulfonamides is 1. The van der Waals surface area contributed by atoms with Crippen LogP contribution < -0.4 is 4.74 Å². The summed E-state index contributed by atoms with van der Waals surface area (Å²) in [5, 5.41) is 0.833. The number of halogens is 2. The van der Waals surface area contributed by atoms with Crippen molar-refractivity contribution < 1.29 is 13.2 Å². The third-order valence-corrected chi connectivity index (χ3v) is 6.33. The van der Waals surface area contributed by atoms with Gasteiger partial charge in [0, 0.05) is 11.2 Å². The van der Waals surface area contributed by atoms with Crippen LogP contribution in [-0.2, 0) is 10.0 Å². The molecule has 2 aromatic rings. The minimum Gasteiger partial charge on any atom is -0.470 e. The predicted molar refractivity (Wildman–Crippen MR) is 88.6 cm³/mol. The van der Waals surface area contributed by atoms with E-state index in [0.717, 1.165) is 0 Å². The second-order valence-electron chi connectivity index (χ2n) is 5.22. The Hall–Kier alpha value is -1.34. The first kappa shape index (κ1) is 16.5. The van der Waals surface area contributed by atoms with Gasteiger partial charge in [-0.3, -0.25) is 0 Å². The Kier molecular flexibility index (Phi) is 4.51. The van der Waals surface area contributed by atoms with E-state index in [1.54, 1.807) is 43.5 Å². The van der Waals surface area contributed by atoms with E-state index in [1.165, 1.54) is 4.31 Å². The molecule has 1 fully saturated rings. The Labute approximate surface area is 144 Å². The number of hydrogen-bond donors (Lipinski definition) is 0. The summed E-state index contributed by atoms with van der Waals surface area (Å²) in [6.07, 6.45) is 1.31. The molecule has 0 amide bonds. The SMILES string of the molecule is Cc1c(Cl)cccc1S(=O)(=O)N1CC(Oc2ncccc2Cl)C1. The molecule has 0 unspecified atom stereocenters. The van der Waals surface area contributed by atoms with Crippen LogP contribution in [0.2, 0.25) is 10.0 Å². The molecule has 0 bridgehead atoms. The van der Waals surface area contributed by atoms with E-state index in [1.807, 2.05) is 0 Å². The molecule has 1 aromatic carbocycles. The first-order valence-electron chi connectivity index (χ1n) is 6.92. The molecule has 1 saturated heterocycles. The number of benzene rings is 1. The molecule has 0 atom stereocenters. The van der Waals surface area contributed by atoms with Crippen LogP contribution in [0.25, 0.3) is 0 Å². The summed E-state index contributed by atoms with van der Waals surface area (Å²) in [5.41, 5.74) is 0.548. The Bertz CT molecular complexity index is 836. The average Bonchev–Trinajstić information content (AvgIpc) is 2.46. The Morgan fingerprint density at radius 3 is 2.57 bits per heavy atom. The number of pyridine rings is 1. The number of rotatable bonds is 4. The van der Waals surface area contributed by atoms with E-state index < -0.39 is 10.0 Å². The van der Waals surface area contributed by atoms with Crippen LogP contribution in [0.5, 0.6) is 5.88 Å². The van der Waals surface area contributed by atoms with Gasteiger partial charge in [-0.05, 0) is 36.8 Å². The van der Waals surface area contributed by atoms with Crippen LogP contribution in [-0.4, -0.2) is 36.9 Å². The van der Waals surface area contributed by atoms with Crippen LogP contribution >= 0.6 is 23.2 Å². The van der Waals surface area contributed by atoms with Crippen LogP contribution in [0.1, 0.15) is 5.56 Å². The molecular formula is C15H14Cl2N2O3S. The van der Waals surface area contributed by atoms with Gasteiger partial charge in [0.2, 0.25) is 15.9 Å². The van der Waals surface area contributed by atoms with Gasteiger partial charge < -0.3 is 4.74 Å². The maximum atomic E-state index is 12.6. The third kappa shape index (κ3) is 3.17. The molecule has 5 nitrogen and oxygen atoms in total. The average molecular weight is 373 g/mol. The van der Waals surface area contributed by atoms with Gasteiger partial charge in [0.05, 0.1) is 18.0 Å². The second kappa shape index (κ2) is 6.28. The third-order valence-electron chi connectivity index (χ3n) is 3.65. The fourth-order valence-corrected chi connectivity index (χ4v) is 4.44. The standard InChI is InChI=1S/C15H14Cl2N2O3S/c1-10-12(16)4-2-6-14(10)23(20,21)19-8-11(9-19)22-15-13(17)5-3-7-18-15/h2-7,11H,8-9H2,1H3. The lowest BCUT2D eigenvalue weighted by atomic mass is 10.2. The molecule has 0 spiro atoms. The molecule has 0 aliphatic carbocycles. The molecule has 0 saturated carbocycles. The molecule has 1 aliphatic heterocycles. The lowest BCUT2D eigenvalue weighted by Gasteiger charge is -2.37. The first-order valence-corrected chi connectivity index (χ1v) is 9.11. The van der Waals surface area contributed by atoms with Crippen molar-refractivity contribution in [1.82, 2.24) is 9.29 Å². The molecule has 8 heteroatoms. The smallest absolute Gasteiger partial charge is 0.243 e. The number of ether oxygens (including phenoxy) is 1. The van der Waals surface area contributed by atoms with Gasteiger partial charge in [-0.1, -0.05) is 29.3 Å². The highest BCUT2D eigenvalue weighted by molar-refractivity contribution is 7.89. The minimum atomic E-state index is -3.58. The maximum Gasteiger partial charge on any atom is 0.243 e. The Morgan fingerprint density at radius 1 is 1.17 bits per heavy atom. The van der Waals surface area contributed by atoms with Crippen LogP contribution in [0.3, 0.4) is 0 Å². The highest BCUT2D eigenvalue weighted by Crippen LogP contribution is 2.30. The Morgan fingerprint density at radius 2 is 1.87 bits per heavy atom. The van der Waals surface area contributed by atoms with Gasteiger partial charge in [0.15, 0.2) is 0 Å². The maximum absolute atomic E-state index is 12.6. The van der Waals surface area contributed by atoms with Gasteiger partial charge in [-0.15, -0.1) is 0 Å². The van der Waals surface area contributed by atoms with Crippen LogP contribution in [0, 0.1) is 6.92 Å². The van der Waals surface area contributed by atoms with E-state index in [9.17, 15) is 8.42 Å². The first-order chi connectivity index (χ1) is 10.9. The van der Waals surface area contributed by atoms with Gasteiger partial charge in [-0.25, -0.2) is 13.4 Å². The van der Waals surface area contributed by atoms with Crippen molar-refractivity contribution in [3.8, 4) is 5.88 Å². The second-order valence-corrected chi connectivity index (χ2v) is 7.94. The molecular weight excluding hydrogens is 359 g/mol. The summed E-state index contributed by atoms with van der Waals surface area (Å²) in [6.45, 7) is 2.19. The quantitative estimate of drug-likeness (QED) is 0.826. The van der Waals surface area contributed by atoms with E-state index >= 15 is 0 Å². The molecule has 1 aromatic heterocycles. The van der Waals surface area contributed by atoms with Gasteiger partial charge >= 0.3 is 0 Å². The zero-order chi connectivity index (χ0) is 16.6. The summed E-state index contributed by atoms with van der Waals surface area (Å²) in [7, 11) is -3.58. The van der Waals surface area contributed by atoms with Crippen molar-refractivity contribution in [2.24, 2.45) is 0 Å². The molecule has 0 radical (unpaired) electrons. The van der Waals surface area contributed by atoms with Crippen molar-refractivity contribution in [3.05, 3.63) is 52.1 Å². The number of nitrogens with zero attached hydrogens (tertiary/aromatic N) is 2. The van der Waals surface area contributed by atoms with Crippen molar-refractivity contribution in [2.75, 3.05) is 13.1 Å². The molecule has 1 aliphatic rings. The topological polar surface area (TPSA) is 59.5 Å². The molecule has 0 N–H and O–H groups in total. The van der Waals surface area contributed by atoms with Crippen molar-refractivity contribution in [2.45, 2.75) is 17.9 Å². The molecule has 3 rings (SSSR count). The molecule has 2 heterocycles. The van der Waals surface area contributed by atoms with E-state index in [0.29, 0.717) is 21.5 Å². The van der Waals surface area contributed by atoms with Crippen molar-refractivity contribution >= 4 is 33.2 Å². The number of aromatic nitrogens is 1. The van der Waals surface area contributed by atoms with Crippen molar-refractivity contribution in [3.63, 3.8) is 0 Å². The number of hydrogen-bond acceptors (Lipinski definition) is 4. The molecule has 122 valence electrons. The Balaban J connectivity index is 1.71. The minimum absolute atomic E-state index is 0.222. The fourth-order valence-electron chi connectivity index (χ4n) is 2.29. The normalized spacial score (nSPS) is 16.1. The largest absolute Gasteiger partial charge is 0.470 e. The summed E-state index contributed by atoms with van der Waals surface area (Å²) in [5.74, 6) is 0.315. The lowest BCUT2D eigenvalue weighted by molar-refractivity contribution is 0.0721. The monoisotopic (exact) mass is 372 g/mol. The summed E-state index contributed by atoms with van der Waals surface area (Å²) in [4.78, 5) is 4.25.